The zero-order valence-corrected chi connectivity index (χ0v) is 20.8. The lowest BCUT2D eigenvalue weighted by atomic mass is 9.96. The van der Waals surface area contributed by atoms with Crippen molar-refractivity contribution >= 4 is 21.9 Å². The van der Waals surface area contributed by atoms with Crippen LogP contribution in [0.5, 0.6) is 5.75 Å². The van der Waals surface area contributed by atoms with Gasteiger partial charge in [0.1, 0.15) is 5.75 Å². The van der Waals surface area contributed by atoms with Crippen LogP contribution in [0.25, 0.3) is 11.3 Å². The lowest BCUT2D eigenvalue weighted by Crippen LogP contribution is -2.35. The predicted molar refractivity (Wildman–Crippen MR) is 130 cm³/mol. The minimum Gasteiger partial charge on any atom is -0.490 e. The molecule has 7 heteroatoms. The quantitative estimate of drug-likeness (QED) is 0.341. The molecule has 0 aliphatic heterocycles. The van der Waals surface area contributed by atoms with Gasteiger partial charge in [0.05, 0.1) is 37.8 Å². The van der Waals surface area contributed by atoms with Crippen molar-refractivity contribution < 1.29 is 19.0 Å². The molecule has 0 N–H and O–H groups in total. The van der Waals surface area contributed by atoms with Gasteiger partial charge < -0.3 is 14.2 Å². The fraction of sp³-hybridized carbons (Fsp3) is 0.385. The maximum Gasteiger partial charge on any atom is 0.337 e. The van der Waals surface area contributed by atoms with Gasteiger partial charge >= 0.3 is 5.97 Å². The van der Waals surface area contributed by atoms with Crippen molar-refractivity contribution in [2.24, 2.45) is 0 Å². The predicted octanol–water partition coefficient (Wildman–Crippen LogP) is 5.76. The van der Waals surface area contributed by atoms with Crippen LogP contribution in [0.2, 0.25) is 0 Å². The molecular formula is C26H29BrN2O4. The summed E-state index contributed by atoms with van der Waals surface area (Å²) in [6.07, 6.45) is 3.77. The minimum atomic E-state index is -1.06. The molecule has 0 spiro atoms. The molecule has 1 aromatic heterocycles. The van der Waals surface area contributed by atoms with E-state index < -0.39 is 11.6 Å². The third-order valence-electron chi connectivity index (χ3n) is 5.85. The van der Waals surface area contributed by atoms with E-state index in [1.807, 2.05) is 41.1 Å². The number of esters is 1. The maximum absolute atomic E-state index is 12.0. The highest BCUT2D eigenvalue weighted by Gasteiger charge is 2.30. The lowest BCUT2D eigenvalue weighted by molar-refractivity contribution is -0.166. The molecule has 0 saturated heterocycles. The second-order valence-electron chi connectivity index (χ2n) is 8.76. The van der Waals surface area contributed by atoms with Gasteiger partial charge in [-0.3, -0.25) is 4.68 Å². The summed E-state index contributed by atoms with van der Waals surface area (Å²) in [5.41, 5.74) is 2.77. The Labute approximate surface area is 203 Å². The summed E-state index contributed by atoms with van der Waals surface area (Å²) in [5, 5.41) is 4.81. The van der Waals surface area contributed by atoms with Crippen molar-refractivity contribution in [1.29, 1.82) is 0 Å². The largest absolute Gasteiger partial charge is 0.490 e. The van der Waals surface area contributed by atoms with Crippen LogP contribution in [0.15, 0.2) is 59.1 Å². The van der Waals surface area contributed by atoms with E-state index in [-0.39, 0.29) is 6.61 Å². The molecule has 0 atom stereocenters. The Morgan fingerprint density at radius 1 is 1.15 bits per heavy atom. The van der Waals surface area contributed by atoms with Crippen molar-refractivity contribution in [2.45, 2.75) is 58.0 Å². The van der Waals surface area contributed by atoms with E-state index in [1.165, 1.54) is 13.5 Å². The Morgan fingerprint density at radius 3 is 2.64 bits per heavy atom. The van der Waals surface area contributed by atoms with Crippen LogP contribution in [-0.4, -0.2) is 34.6 Å². The molecule has 1 aliphatic carbocycles. The fourth-order valence-corrected chi connectivity index (χ4v) is 4.06. The van der Waals surface area contributed by atoms with Gasteiger partial charge in [-0.05, 0) is 62.9 Å². The van der Waals surface area contributed by atoms with Crippen molar-refractivity contribution in [3.05, 3.63) is 70.3 Å². The third kappa shape index (κ3) is 5.65. The van der Waals surface area contributed by atoms with Gasteiger partial charge in [0.25, 0.3) is 0 Å². The third-order valence-corrected chi connectivity index (χ3v) is 6.62. The monoisotopic (exact) mass is 512 g/mol. The number of ether oxygens (including phenoxy) is 3. The summed E-state index contributed by atoms with van der Waals surface area (Å²) in [7, 11) is 1.36. The summed E-state index contributed by atoms with van der Waals surface area (Å²) in [5.74, 6) is 0.451. The highest BCUT2D eigenvalue weighted by atomic mass is 79.9. The zero-order valence-electron chi connectivity index (χ0n) is 19.2. The second-order valence-corrected chi connectivity index (χ2v) is 9.61. The van der Waals surface area contributed by atoms with Gasteiger partial charge in [-0.1, -0.05) is 46.3 Å². The standard InChI is InChI=1S/C26H29BrN2O4/c1-26(2,25(30)31-3)32-17-20-15-24(29(28-20)16-19-8-4-5-13-23(19)27)18-9-6-12-22(14-18)33-21-10-7-11-21/h4-6,8-9,12-15,21H,7,10-11,16-17H2,1-3H3. The van der Waals surface area contributed by atoms with E-state index in [0.717, 1.165) is 45.6 Å². The molecule has 0 bridgehead atoms. The second kappa shape index (κ2) is 10.1. The van der Waals surface area contributed by atoms with E-state index in [4.69, 9.17) is 19.3 Å². The van der Waals surface area contributed by atoms with Crippen molar-refractivity contribution in [3.8, 4) is 17.0 Å². The van der Waals surface area contributed by atoms with Gasteiger partial charge in [-0.15, -0.1) is 0 Å². The van der Waals surface area contributed by atoms with Crippen molar-refractivity contribution in [2.75, 3.05) is 7.11 Å². The van der Waals surface area contributed by atoms with Crippen LogP contribution in [0, 0.1) is 0 Å². The van der Waals surface area contributed by atoms with Crippen LogP contribution in [0.1, 0.15) is 44.4 Å². The first kappa shape index (κ1) is 23.5. The van der Waals surface area contributed by atoms with Gasteiger partial charge in [0.2, 0.25) is 0 Å². The van der Waals surface area contributed by atoms with Crippen molar-refractivity contribution in [3.63, 3.8) is 0 Å². The van der Waals surface area contributed by atoms with Crippen molar-refractivity contribution in [1.82, 2.24) is 9.78 Å². The molecule has 174 valence electrons. The van der Waals surface area contributed by atoms with E-state index in [9.17, 15) is 4.79 Å². The Bertz CT molecular complexity index is 1120. The fourth-order valence-electron chi connectivity index (χ4n) is 3.65. The summed E-state index contributed by atoms with van der Waals surface area (Å²) in [4.78, 5) is 12.0. The molecule has 2 aromatic carbocycles. The molecule has 1 aliphatic rings. The summed E-state index contributed by atoms with van der Waals surface area (Å²) in [6, 6.07) is 18.2. The molecule has 1 saturated carbocycles. The summed E-state index contributed by atoms with van der Waals surface area (Å²) in [6.45, 7) is 4.17. The molecule has 4 rings (SSSR count). The van der Waals surface area contributed by atoms with Crippen LogP contribution < -0.4 is 4.74 Å². The van der Waals surface area contributed by atoms with Gasteiger partial charge in [-0.2, -0.15) is 5.10 Å². The Hall–Kier alpha value is -2.64. The average Bonchev–Trinajstić information content (AvgIpc) is 3.19. The molecule has 0 amide bonds. The molecule has 0 radical (unpaired) electrons. The molecule has 6 nitrogen and oxygen atoms in total. The number of aromatic nitrogens is 2. The number of benzene rings is 2. The summed E-state index contributed by atoms with van der Waals surface area (Å²) < 4.78 is 19.8. The Kier molecular flexibility index (Phi) is 7.20. The smallest absolute Gasteiger partial charge is 0.337 e. The molecular weight excluding hydrogens is 484 g/mol. The SMILES string of the molecule is COC(=O)C(C)(C)OCc1cc(-c2cccc(OC3CCC3)c2)n(Cc2ccccc2Br)n1. The number of carbonyl (C=O) groups excluding carboxylic acids is 1. The van der Waals surface area contributed by atoms with Crippen LogP contribution in [0.4, 0.5) is 0 Å². The number of methoxy groups -OCH3 is 1. The van der Waals surface area contributed by atoms with Gasteiger partial charge in [0, 0.05) is 10.0 Å². The number of hydrogen-bond acceptors (Lipinski definition) is 5. The normalized spacial score (nSPS) is 14.1. The Balaban J connectivity index is 1.63. The number of nitrogens with zero attached hydrogens (tertiary/aromatic N) is 2. The molecule has 33 heavy (non-hydrogen) atoms. The highest BCUT2D eigenvalue weighted by molar-refractivity contribution is 9.10. The number of rotatable bonds is 9. The van der Waals surface area contributed by atoms with Gasteiger partial charge in [-0.25, -0.2) is 4.79 Å². The van der Waals surface area contributed by atoms with E-state index >= 15 is 0 Å². The number of halogens is 1. The first-order valence-corrected chi connectivity index (χ1v) is 11.9. The minimum absolute atomic E-state index is 0.191. The topological polar surface area (TPSA) is 62.6 Å². The van der Waals surface area contributed by atoms with E-state index in [0.29, 0.717) is 12.6 Å². The lowest BCUT2D eigenvalue weighted by Gasteiger charge is -2.26. The van der Waals surface area contributed by atoms with Gasteiger partial charge in [0.15, 0.2) is 5.60 Å². The maximum atomic E-state index is 12.0. The van der Waals surface area contributed by atoms with Crippen LogP contribution in [0.3, 0.4) is 0 Å². The Morgan fingerprint density at radius 2 is 1.94 bits per heavy atom. The molecule has 1 fully saturated rings. The van der Waals surface area contributed by atoms with Crippen LogP contribution in [-0.2, 0) is 27.4 Å². The molecule has 3 aromatic rings. The number of hydrogen-bond donors (Lipinski definition) is 0. The molecule has 0 unspecified atom stereocenters. The van der Waals surface area contributed by atoms with E-state index in [2.05, 4.69) is 34.1 Å². The average molecular weight is 513 g/mol. The van der Waals surface area contributed by atoms with Crippen LogP contribution >= 0.6 is 15.9 Å². The summed E-state index contributed by atoms with van der Waals surface area (Å²) >= 11 is 3.64. The first-order chi connectivity index (χ1) is 15.9. The van der Waals surface area contributed by atoms with E-state index in [1.54, 1.807) is 13.8 Å². The first-order valence-electron chi connectivity index (χ1n) is 11.2. The molecule has 1 heterocycles. The number of carbonyl (C=O) groups is 1. The highest BCUT2D eigenvalue weighted by Crippen LogP contribution is 2.30. The zero-order chi connectivity index (χ0) is 23.4.